The number of aryl methyl sites for hydroxylation is 1. The number of alkyl halides is 2. The Morgan fingerprint density at radius 1 is 1.06 bits per heavy atom. The minimum atomic E-state index is 0.146. The summed E-state index contributed by atoms with van der Waals surface area (Å²) in [6, 6.07) is 14.1. The van der Waals surface area contributed by atoms with Crippen molar-refractivity contribution in [3.63, 3.8) is 0 Å². The normalized spacial score (nSPS) is 10.4. The van der Waals surface area contributed by atoms with Gasteiger partial charge in [-0.1, -0.05) is 67.8 Å². The minimum Gasteiger partial charge on any atom is -0.238 e. The summed E-state index contributed by atoms with van der Waals surface area (Å²) < 4.78 is 0.146. The lowest BCUT2D eigenvalue weighted by atomic mass is 10.0. The summed E-state index contributed by atoms with van der Waals surface area (Å²) in [4.78, 5) is 3.47. The maximum absolute atomic E-state index is 7.07. The van der Waals surface area contributed by atoms with Crippen molar-refractivity contribution in [1.82, 2.24) is 0 Å². The molecule has 3 heteroatoms. The predicted octanol–water partition coefficient (Wildman–Crippen LogP) is 6.00. The molecule has 0 heterocycles. The Balaban J connectivity index is 2.53. The van der Waals surface area contributed by atoms with E-state index in [9.17, 15) is 0 Å². The van der Waals surface area contributed by atoms with Crippen LogP contribution >= 0.6 is 31.9 Å². The molecule has 0 aliphatic carbocycles. The molecule has 0 radical (unpaired) electrons. The summed E-state index contributed by atoms with van der Waals surface area (Å²) in [5, 5.41) is 0. The van der Waals surface area contributed by atoms with Crippen molar-refractivity contribution in [2.75, 3.05) is 0 Å². The van der Waals surface area contributed by atoms with Crippen LogP contribution in [-0.2, 0) is 0 Å². The first-order chi connectivity index (χ1) is 8.60. The van der Waals surface area contributed by atoms with Crippen LogP contribution in [0.15, 0.2) is 42.5 Å². The summed E-state index contributed by atoms with van der Waals surface area (Å²) in [6.45, 7) is 9.14. The van der Waals surface area contributed by atoms with E-state index in [0.29, 0.717) is 5.69 Å². The number of halogens is 2. The molecule has 0 aromatic heterocycles. The quantitative estimate of drug-likeness (QED) is 0.454. The Bertz CT molecular complexity index is 612. The summed E-state index contributed by atoms with van der Waals surface area (Å²) >= 11 is 7.04. The third kappa shape index (κ3) is 3.01. The average Bonchev–Trinajstić information content (AvgIpc) is 2.38. The fourth-order valence-electron chi connectivity index (χ4n) is 1.86. The maximum Gasteiger partial charge on any atom is 0.187 e. The molecule has 0 amide bonds. The van der Waals surface area contributed by atoms with E-state index in [4.69, 9.17) is 6.57 Å². The van der Waals surface area contributed by atoms with E-state index in [-0.39, 0.29) is 3.74 Å². The first kappa shape index (κ1) is 13.3. The van der Waals surface area contributed by atoms with Crippen molar-refractivity contribution >= 4 is 37.5 Å². The summed E-state index contributed by atoms with van der Waals surface area (Å²) in [7, 11) is 0. The van der Waals surface area contributed by atoms with Crippen LogP contribution in [0.1, 0.15) is 14.9 Å². The Hall–Kier alpha value is -1.11. The Morgan fingerprint density at radius 2 is 1.83 bits per heavy atom. The lowest BCUT2D eigenvalue weighted by Crippen LogP contribution is -1.86. The second kappa shape index (κ2) is 5.69. The monoisotopic (exact) mass is 363 g/mol. The number of benzene rings is 2. The molecule has 2 aromatic rings. The van der Waals surface area contributed by atoms with Gasteiger partial charge in [0.15, 0.2) is 5.69 Å². The first-order valence-corrected chi connectivity index (χ1v) is 7.31. The number of hydrogen-bond donors (Lipinski definition) is 0. The van der Waals surface area contributed by atoms with Crippen molar-refractivity contribution < 1.29 is 0 Å². The highest BCUT2D eigenvalue weighted by Crippen LogP contribution is 2.33. The number of hydrogen-bond acceptors (Lipinski definition) is 0. The van der Waals surface area contributed by atoms with Crippen molar-refractivity contribution in [2.45, 2.75) is 10.7 Å². The van der Waals surface area contributed by atoms with Gasteiger partial charge < -0.3 is 0 Å². The highest BCUT2D eigenvalue weighted by Gasteiger charge is 2.06. The van der Waals surface area contributed by atoms with E-state index in [0.717, 1.165) is 11.1 Å². The Kier molecular flexibility index (Phi) is 4.21. The fourth-order valence-corrected chi connectivity index (χ4v) is 2.39. The lowest BCUT2D eigenvalue weighted by Gasteiger charge is -2.09. The van der Waals surface area contributed by atoms with E-state index in [1.54, 1.807) is 0 Å². The molecule has 0 saturated heterocycles. The molecule has 0 unspecified atom stereocenters. The molecule has 90 valence electrons. The third-order valence-electron chi connectivity index (χ3n) is 2.66. The largest absolute Gasteiger partial charge is 0.238 e. The van der Waals surface area contributed by atoms with Gasteiger partial charge >= 0.3 is 0 Å². The number of nitrogens with zero attached hydrogens (tertiary/aromatic N) is 1. The van der Waals surface area contributed by atoms with Gasteiger partial charge in [0.05, 0.1) is 10.3 Å². The molecule has 0 saturated carbocycles. The smallest absolute Gasteiger partial charge is 0.187 e. The van der Waals surface area contributed by atoms with Crippen molar-refractivity contribution in [1.29, 1.82) is 0 Å². The van der Waals surface area contributed by atoms with Crippen LogP contribution < -0.4 is 0 Å². The van der Waals surface area contributed by atoms with Crippen molar-refractivity contribution in [2.24, 2.45) is 0 Å². The molecule has 18 heavy (non-hydrogen) atoms. The topological polar surface area (TPSA) is 4.36 Å². The van der Waals surface area contributed by atoms with Gasteiger partial charge in [0.2, 0.25) is 0 Å². The molecule has 0 aliphatic rings. The summed E-state index contributed by atoms with van der Waals surface area (Å²) in [5.41, 5.74) is 5.27. The van der Waals surface area contributed by atoms with Crippen LogP contribution in [0.25, 0.3) is 16.0 Å². The Morgan fingerprint density at radius 3 is 2.50 bits per heavy atom. The van der Waals surface area contributed by atoms with E-state index >= 15 is 0 Å². The van der Waals surface area contributed by atoms with Crippen molar-refractivity contribution in [3.05, 3.63) is 65.0 Å². The standard InChI is InChI=1S/C15H11Br2N/c1-10-6-12(8-13(7-10)15(16)17)11-4-3-5-14(9-11)18-2/h3-9,15H,1H3. The highest BCUT2D eigenvalue weighted by molar-refractivity contribution is 9.24. The minimum absolute atomic E-state index is 0.146. The van der Waals surface area contributed by atoms with Gasteiger partial charge in [-0.3, -0.25) is 0 Å². The van der Waals surface area contributed by atoms with Crippen molar-refractivity contribution in [3.8, 4) is 11.1 Å². The molecule has 1 nitrogen and oxygen atoms in total. The molecular weight excluding hydrogens is 354 g/mol. The molecule has 0 aliphatic heterocycles. The second-order valence-corrected chi connectivity index (χ2v) is 7.16. The molecule has 0 bridgehead atoms. The Labute approximate surface area is 124 Å². The molecule has 2 rings (SSSR count). The van der Waals surface area contributed by atoms with Crippen LogP contribution in [0.2, 0.25) is 0 Å². The third-order valence-corrected chi connectivity index (χ3v) is 3.72. The fraction of sp³-hybridized carbons (Fsp3) is 0.133. The number of rotatable bonds is 2. The zero-order chi connectivity index (χ0) is 13.1. The van der Waals surface area contributed by atoms with E-state index in [1.807, 2.05) is 24.3 Å². The van der Waals surface area contributed by atoms with Crippen LogP contribution in [0, 0.1) is 13.5 Å². The van der Waals surface area contributed by atoms with Gasteiger partial charge in [-0.2, -0.15) is 0 Å². The average molecular weight is 365 g/mol. The molecule has 0 atom stereocenters. The molecule has 0 N–H and O–H groups in total. The van der Waals surface area contributed by atoms with E-state index < -0.39 is 0 Å². The van der Waals surface area contributed by atoms with Crippen LogP contribution in [-0.4, -0.2) is 0 Å². The SMILES string of the molecule is [C-]#[N+]c1cccc(-c2cc(C)cc(C(Br)Br)c2)c1. The van der Waals surface area contributed by atoms with Gasteiger partial charge in [-0.25, -0.2) is 4.85 Å². The second-order valence-electron chi connectivity index (χ2n) is 4.10. The molecule has 0 spiro atoms. The van der Waals surface area contributed by atoms with Crippen LogP contribution in [0.5, 0.6) is 0 Å². The molecule has 2 aromatic carbocycles. The maximum atomic E-state index is 7.07. The van der Waals surface area contributed by atoms with Crippen LogP contribution in [0.4, 0.5) is 5.69 Å². The van der Waals surface area contributed by atoms with Crippen LogP contribution in [0.3, 0.4) is 0 Å². The predicted molar refractivity (Wildman–Crippen MR) is 83.5 cm³/mol. The van der Waals surface area contributed by atoms with Gasteiger partial charge in [0.25, 0.3) is 0 Å². The van der Waals surface area contributed by atoms with Gasteiger partial charge in [-0.05, 0) is 35.7 Å². The first-order valence-electron chi connectivity index (χ1n) is 5.48. The lowest BCUT2D eigenvalue weighted by molar-refractivity contribution is 1.36. The van der Waals surface area contributed by atoms with Gasteiger partial charge in [0, 0.05) is 0 Å². The summed E-state index contributed by atoms with van der Waals surface area (Å²) in [6.07, 6.45) is 0. The highest BCUT2D eigenvalue weighted by atomic mass is 79.9. The zero-order valence-electron chi connectivity index (χ0n) is 9.82. The zero-order valence-corrected chi connectivity index (χ0v) is 13.0. The summed E-state index contributed by atoms with van der Waals surface area (Å²) in [5.74, 6) is 0. The molecular formula is C15H11Br2N. The van der Waals surface area contributed by atoms with Gasteiger partial charge in [0.1, 0.15) is 0 Å². The molecule has 0 fully saturated rings. The van der Waals surface area contributed by atoms with Gasteiger partial charge in [-0.15, -0.1) is 0 Å². The van der Waals surface area contributed by atoms with E-state index in [2.05, 4.69) is 61.8 Å². The van der Waals surface area contributed by atoms with E-state index in [1.165, 1.54) is 11.1 Å².